The van der Waals surface area contributed by atoms with Gasteiger partial charge >= 0.3 is 0 Å². The average Bonchev–Trinajstić information content (AvgIpc) is 4.04. The molecule has 16 nitrogen and oxygen atoms in total. The van der Waals surface area contributed by atoms with Crippen molar-refractivity contribution in [2.75, 3.05) is 26.2 Å². The van der Waals surface area contributed by atoms with E-state index < -0.39 is 0 Å². The lowest BCUT2D eigenvalue weighted by molar-refractivity contribution is 0.0651. The van der Waals surface area contributed by atoms with Crippen molar-refractivity contribution in [3.8, 4) is 0 Å². The first-order valence-corrected chi connectivity index (χ1v) is 18.1. The van der Waals surface area contributed by atoms with Crippen LogP contribution in [0.5, 0.6) is 0 Å². The number of carbonyl (C=O) groups excluding carboxylic acids is 2. The highest BCUT2D eigenvalue weighted by Crippen LogP contribution is 2.35. The highest BCUT2D eigenvalue weighted by atomic mass is 16.2. The van der Waals surface area contributed by atoms with Crippen molar-refractivity contribution in [1.82, 2.24) is 68.4 Å². The zero-order valence-corrected chi connectivity index (χ0v) is 29.8. The number of fused-ring (bicyclic) bond motifs is 6. The van der Waals surface area contributed by atoms with Crippen LogP contribution in [-0.2, 0) is 0 Å². The summed E-state index contributed by atoms with van der Waals surface area (Å²) in [4.78, 5) is 70.3. The molecule has 2 amide bonds. The Kier molecular flexibility index (Phi) is 8.48. The summed E-state index contributed by atoms with van der Waals surface area (Å²) in [6.07, 6.45) is 22.3. The Morgan fingerprint density at radius 1 is 0.593 bits per heavy atom. The topological polar surface area (TPSA) is 184 Å². The van der Waals surface area contributed by atoms with Gasteiger partial charge in [-0.25, -0.2) is 29.9 Å². The van der Waals surface area contributed by atoms with Gasteiger partial charge in [0.25, 0.3) is 11.8 Å². The van der Waals surface area contributed by atoms with Gasteiger partial charge in [-0.15, -0.1) is 0 Å². The van der Waals surface area contributed by atoms with E-state index in [2.05, 4.69) is 62.5 Å². The molecule has 2 N–H and O–H groups in total. The van der Waals surface area contributed by atoms with Crippen LogP contribution in [0.2, 0.25) is 0 Å². The molecule has 2 fully saturated rings. The molecular weight excluding hydrogens is 685 g/mol. The molecule has 54 heavy (non-hydrogen) atoms. The number of nitrogens with zero attached hydrogens (tertiary/aromatic N) is 12. The molecule has 272 valence electrons. The molecule has 0 aromatic carbocycles. The minimum Gasteiger partial charge on any atom is -0.345 e. The number of aromatic amines is 2. The summed E-state index contributed by atoms with van der Waals surface area (Å²) < 4.78 is 4.30. The molecule has 2 aliphatic heterocycles. The van der Waals surface area contributed by atoms with Gasteiger partial charge in [-0.1, -0.05) is 13.8 Å². The molecule has 0 radical (unpaired) electrons. The molecule has 10 rings (SSSR count). The molecule has 0 spiro atoms. The van der Waals surface area contributed by atoms with Crippen LogP contribution in [0, 0.1) is 11.8 Å². The first-order valence-electron chi connectivity index (χ1n) is 18.1. The highest BCUT2D eigenvalue weighted by Gasteiger charge is 2.35. The number of nitrogens with one attached hydrogen (secondary N) is 2. The van der Waals surface area contributed by atoms with E-state index in [1.807, 2.05) is 59.1 Å². The molecule has 4 atom stereocenters. The fourth-order valence-electron chi connectivity index (χ4n) is 7.85. The predicted molar refractivity (Wildman–Crippen MR) is 199 cm³/mol. The van der Waals surface area contributed by atoms with Crippen LogP contribution >= 0.6 is 0 Å². The minimum absolute atomic E-state index is 0.0747. The number of amides is 2. The number of piperidine rings is 2. The minimum atomic E-state index is -0.0747. The first-order chi connectivity index (χ1) is 26.4. The fraction of sp³-hybridized carbons (Fsp3) is 0.316. The van der Waals surface area contributed by atoms with Gasteiger partial charge in [0.15, 0.2) is 11.3 Å². The zero-order valence-electron chi connectivity index (χ0n) is 29.8. The van der Waals surface area contributed by atoms with Crippen molar-refractivity contribution < 1.29 is 9.59 Å². The Morgan fingerprint density at radius 2 is 1.04 bits per heavy atom. The summed E-state index contributed by atoms with van der Waals surface area (Å²) in [6, 6.07) is 4.02. The lowest BCUT2D eigenvalue weighted by atomic mass is 9.86. The Labute approximate surface area is 308 Å². The van der Waals surface area contributed by atoms with E-state index in [-0.39, 0.29) is 23.7 Å². The normalized spacial score (nSPS) is 20.4. The Balaban J connectivity index is 0.000000142. The SMILES string of the molecule is C[C@@H]1CCN(C(=O)c2cnccn2)C[C@@H]1c1ncc2cnc3[nH]ccc3n12.C[C@H]1CCN(C(=O)c2cnccn2)C[C@H]1c1ncc2cnc3[nH]ccc3n12. The van der Waals surface area contributed by atoms with E-state index in [1.54, 1.807) is 24.8 Å². The quantitative estimate of drug-likeness (QED) is 0.262. The van der Waals surface area contributed by atoms with Crippen molar-refractivity contribution in [1.29, 1.82) is 0 Å². The third-order valence-corrected chi connectivity index (χ3v) is 10.9. The average molecular weight is 723 g/mol. The summed E-state index contributed by atoms with van der Waals surface area (Å²) in [5.41, 5.74) is 6.36. The lowest BCUT2D eigenvalue weighted by Crippen LogP contribution is -2.43. The molecule has 0 aliphatic carbocycles. The van der Waals surface area contributed by atoms with E-state index in [4.69, 9.17) is 9.97 Å². The maximum absolute atomic E-state index is 12.8. The largest absolute Gasteiger partial charge is 0.345 e. The smallest absolute Gasteiger partial charge is 0.274 e. The second-order valence-electron chi connectivity index (χ2n) is 14.1. The second kappa shape index (κ2) is 13.8. The van der Waals surface area contributed by atoms with Gasteiger partial charge < -0.3 is 19.8 Å². The van der Waals surface area contributed by atoms with Gasteiger partial charge in [0, 0.05) is 75.2 Å². The number of aromatic nitrogens is 12. The summed E-state index contributed by atoms with van der Waals surface area (Å²) in [5.74, 6) is 2.92. The van der Waals surface area contributed by atoms with Gasteiger partial charge in [0.1, 0.15) is 23.0 Å². The van der Waals surface area contributed by atoms with Crippen molar-refractivity contribution >= 4 is 45.2 Å². The van der Waals surface area contributed by atoms with E-state index in [0.29, 0.717) is 36.3 Å². The van der Waals surface area contributed by atoms with Crippen molar-refractivity contribution in [3.63, 3.8) is 0 Å². The molecular formula is C38H38N14O2. The molecule has 0 saturated carbocycles. The van der Waals surface area contributed by atoms with Crippen molar-refractivity contribution in [2.24, 2.45) is 11.8 Å². The third kappa shape index (κ3) is 5.88. The van der Waals surface area contributed by atoms with Crippen LogP contribution in [0.3, 0.4) is 0 Å². The van der Waals surface area contributed by atoms with Gasteiger partial charge in [-0.3, -0.25) is 28.4 Å². The second-order valence-corrected chi connectivity index (χ2v) is 14.1. The van der Waals surface area contributed by atoms with Gasteiger partial charge in [0.2, 0.25) is 0 Å². The van der Waals surface area contributed by atoms with E-state index in [0.717, 1.165) is 70.9 Å². The molecule has 0 bridgehead atoms. The van der Waals surface area contributed by atoms with Gasteiger partial charge in [0.05, 0.1) is 59.2 Å². The summed E-state index contributed by atoms with van der Waals surface area (Å²) in [6.45, 7) is 7.12. The highest BCUT2D eigenvalue weighted by molar-refractivity contribution is 5.92. The van der Waals surface area contributed by atoms with Gasteiger partial charge in [-0.2, -0.15) is 0 Å². The monoisotopic (exact) mass is 722 g/mol. The summed E-state index contributed by atoms with van der Waals surface area (Å²) in [7, 11) is 0. The van der Waals surface area contributed by atoms with Crippen LogP contribution in [-0.4, -0.2) is 106 Å². The number of H-pyrrole nitrogens is 2. The zero-order chi connectivity index (χ0) is 36.8. The molecule has 8 aromatic rings. The first kappa shape index (κ1) is 33.3. The van der Waals surface area contributed by atoms with Crippen molar-refractivity contribution in [3.05, 3.63) is 110 Å². The Morgan fingerprint density at radius 3 is 1.46 bits per heavy atom. The maximum Gasteiger partial charge on any atom is 0.274 e. The van der Waals surface area contributed by atoms with E-state index in [1.165, 1.54) is 12.4 Å². The van der Waals surface area contributed by atoms with Crippen LogP contribution < -0.4 is 0 Å². The molecule has 0 unspecified atom stereocenters. The number of imidazole rings is 2. The fourth-order valence-corrected chi connectivity index (χ4v) is 7.85. The number of carbonyl (C=O) groups is 2. The Hall–Kier alpha value is -6.58. The standard InChI is InChI=1S/2C19H19N7O/c2*1-12-3-7-25(19(27)15-10-20-5-6-21-15)11-14(12)18-24-9-13-8-23-17-16(26(13)18)2-4-22-17/h2*2,4-6,8-10,12,14,22H,3,7,11H2,1H3/t2*12-,14+/m10/s1. The van der Waals surface area contributed by atoms with Crippen LogP contribution in [0.15, 0.2) is 86.5 Å². The molecule has 2 aliphatic rings. The molecule has 16 heteroatoms. The summed E-state index contributed by atoms with van der Waals surface area (Å²) >= 11 is 0. The number of likely N-dealkylation sites (tertiary alicyclic amines) is 2. The number of hydrogen-bond acceptors (Lipinski definition) is 10. The third-order valence-electron chi connectivity index (χ3n) is 10.9. The van der Waals surface area contributed by atoms with E-state index in [9.17, 15) is 9.59 Å². The molecule has 10 heterocycles. The summed E-state index contributed by atoms with van der Waals surface area (Å²) in [5, 5.41) is 0. The molecule has 2 saturated heterocycles. The van der Waals surface area contributed by atoms with E-state index >= 15 is 0 Å². The van der Waals surface area contributed by atoms with Crippen LogP contribution in [0.4, 0.5) is 0 Å². The predicted octanol–water partition coefficient (Wildman–Crippen LogP) is 4.53. The number of hydrogen-bond donors (Lipinski definition) is 2. The number of rotatable bonds is 4. The van der Waals surface area contributed by atoms with Crippen molar-refractivity contribution in [2.45, 2.75) is 38.5 Å². The Bertz CT molecular complexity index is 2410. The van der Waals surface area contributed by atoms with Crippen LogP contribution in [0.1, 0.15) is 71.2 Å². The van der Waals surface area contributed by atoms with Gasteiger partial charge in [-0.05, 0) is 36.8 Å². The molecule has 8 aromatic heterocycles. The lowest BCUT2D eigenvalue weighted by Gasteiger charge is -2.36. The van der Waals surface area contributed by atoms with Crippen LogP contribution in [0.25, 0.3) is 33.4 Å². The maximum atomic E-state index is 12.8.